The molecule has 2 fully saturated rings. The first-order valence-corrected chi connectivity index (χ1v) is 13.1. The molecule has 0 unspecified atom stereocenters. The van der Waals surface area contributed by atoms with Crippen LogP contribution in [0.25, 0.3) is 6.08 Å². The molecule has 37 heavy (non-hydrogen) atoms. The summed E-state index contributed by atoms with van der Waals surface area (Å²) in [5.74, 6) is 0.213. The van der Waals surface area contributed by atoms with Crippen molar-refractivity contribution in [3.63, 3.8) is 0 Å². The van der Waals surface area contributed by atoms with Crippen molar-refractivity contribution in [2.45, 2.75) is 26.9 Å². The number of nitrogens with one attached hydrogen (secondary N) is 1. The minimum atomic E-state index is -0.506. The number of nitrogens with zero attached hydrogens (tertiary/aromatic N) is 2. The van der Waals surface area contributed by atoms with Gasteiger partial charge < -0.3 is 24.4 Å². The molecule has 2 aromatic rings. The maximum Gasteiger partial charge on any atom is 0.294 e. The van der Waals surface area contributed by atoms with Gasteiger partial charge in [0.05, 0.1) is 30.8 Å². The van der Waals surface area contributed by atoms with Gasteiger partial charge in [0.1, 0.15) is 6.54 Å². The number of rotatable bonds is 9. The highest BCUT2D eigenvalue weighted by Crippen LogP contribution is 2.35. The van der Waals surface area contributed by atoms with E-state index in [0.29, 0.717) is 42.6 Å². The summed E-state index contributed by atoms with van der Waals surface area (Å²) in [6, 6.07) is 12.8. The minimum absolute atomic E-state index is 0.0181. The summed E-state index contributed by atoms with van der Waals surface area (Å²) in [4.78, 5) is 41.5. The summed E-state index contributed by atoms with van der Waals surface area (Å²) in [6.45, 7) is 8.85. The quantitative estimate of drug-likeness (QED) is 0.482. The van der Waals surface area contributed by atoms with Crippen molar-refractivity contribution in [1.82, 2.24) is 4.90 Å². The van der Waals surface area contributed by atoms with Crippen molar-refractivity contribution >= 4 is 46.3 Å². The largest absolute Gasteiger partial charge is 0.490 e. The molecular formula is C27H31N3O6S. The first kappa shape index (κ1) is 26.6. The number of thioether (sulfide) groups is 1. The topological polar surface area (TPSA) is 97.4 Å². The van der Waals surface area contributed by atoms with E-state index in [4.69, 9.17) is 14.2 Å². The number of ether oxygens (including phenoxy) is 3. The van der Waals surface area contributed by atoms with E-state index in [1.54, 1.807) is 36.4 Å². The molecular weight excluding hydrogens is 494 g/mol. The van der Waals surface area contributed by atoms with Crippen molar-refractivity contribution in [2.24, 2.45) is 0 Å². The molecule has 0 saturated carbocycles. The molecule has 196 valence electrons. The summed E-state index contributed by atoms with van der Waals surface area (Å²) < 4.78 is 16.8. The second-order valence-corrected chi connectivity index (χ2v) is 9.76. The summed E-state index contributed by atoms with van der Waals surface area (Å²) in [5.41, 5.74) is 2.33. The van der Waals surface area contributed by atoms with Crippen molar-refractivity contribution < 1.29 is 28.6 Å². The average Bonchev–Trinajstić information content (AvgIpc) is 3.13. The molecule has 1 N–H and O–H groups in total. The molecule has 0 aliphatic carbocycles. The first-order chi connectivity index (χ1) is 17.8. The lowest BCUT2D eigenvalue weighted by Crippen LogP contribution is -2.36. The Labute approximate surface area is 220 Å². The molecule has 2 aliphatic heterocycles. The Bertz CT molecular complexity index is 1180. The number of hydrogen-bond acceptors (Lipinski definition) is 8. The first-order valence-electron chi connectivity index (χ1n) is 12.3. The zero-order valence-corrected chi connectivity index (χ0v) is 22.0. The van der Waals surface area contributed by atoms with E-state index < -0.39 is 17.1 Å². The second-order valence-electron chi connectivity index (χ2n) is 8.77. The third kappa shape index (κ3) is 6.84. The second kappa shape index (κ2) is 12.2. The fourth-order valence-corrected chi connectivity index (χ4v) is 4.78. The predicted molar refractivity (Wildman–Crippen MR) is 144 cm³/mol. The Morgan fingerprint density at radius 2 is 1.84 bits per heavy atom. The molecule has 0 atom stereocenters. The van der Waals surface area contributed by atoms with Gasteiger partial charge in [-0.05, 0) is 80.6 Å². The van der Waals surface area contributed by atoms with E-state index in [9.17, 15) is 14.4 Å². The highest BCUT2D eigenvalue weighted by molar-refractivity contribution is 8.18. The number of morpholine rings is 1. The molecule has 0 bridgehead atoms. The van der Waals surface area contributed by atoms with E-state index in [1.165, 1.54) is 0 Å². The van der Waals surface area contributed by atoms with Crippen molar-refractivity contribution in [2.75, 3.05) is 49.7 Å². The fourth-order valence-electron chi connectivity index (χ4n) is 3.94. The standard InChI is InChI=1S/C27H31N3O6S/c1-4-35-23-15-19(5-10-22(23)36-18(2)3)16-24-26(32)30(27(33)37-24)17-25(31)28-20-6-8-21(9-7-20)29-11-13-34-14-12-29/h5-10,15-16,18H,4,11-14,17H2,1-3H3,(H,28,31)/b24-16+. The van der Waals surface area contributed by atoms with Crippen molar-refractivity contribution in [1.29, 1.82) is 0 Å². The molecule has 0 aromatic heterocycles. The van der Waals surface area contributed by atoms with Crippen LogP contribution in [-0.2, 0) is 14.3 Å². The van der Waals surface area contributed by atoms with Crippen LogP contribution in [0.1, 0.15) is 26.3 Å². The van der Waals surface area contributed by atoms with Gasteiger partial charge in [-0.25, -0.2) is 0 Å². The highest BCUT2D eigenvalue weighted by Gasteiger charge is 2.36. The molecule has 9 nitrogen and oxygen atoms in total. The Morgan fingerprint density at radius 3 is 2.51 bits per heavy atom. The molecule has 0 spiro atoms. The van der Waals surface area contributed by atoms with E-state index in [1.807, 2.05) is 32.9 Å². The number of carbonyl (C=O) groups excluding carboxylic acids is 3. The number of imide groups is 1. The lowest BCUT2D eigenvalue weighted by molar-refractivity contribution is -0.127. The normalized spacial score (nSPS) is 17.0. The Kier molecular flexibility index (Phi) is 8.73. The lowest BCUT2D eigenvalue weighted by atomic mass is 10.1. The van der Waals surface area contributed by atoms with Crippen LogP contribution in [0.3, 0.4) is 0 Å². The summed E-state index contributed by atoms with van der Waals surface area (Å²) in [5, 5.41) is 2.27. The molecule has 3 amide bonds. The smallest absolute Gasteiger partial charge is 0.294 e. The zero-order chi connectivity index (χ0) is 26.4. The van der Waals surface area contributed by atoms with Gasteiger partial charge in [-0.2, -0.15) is 0 Å². The van der Waals surface area contributed by atoms with E-state index >= 15 is 0 Å². The molecule has 10 heteroatoms. The number of benzene rings is 2. The van der Waals surface area contributed by atoms with Crippen LogP contribution in [-0.4, -0.2) is 67.5 Å². The number of anilines is 2. The fraction of sp³-hybridized carbons (Fsp3) is 0.370. The summed E-state index contributed by atoms with van der Waals surface area (Å²) >= 11 is 0.807. The third-order valence-corrected chi connectivity index (χ3v) is 6.54. The van der Waals surface area contributed by atoms with Gasteiger partial charge >= 0.3 is 0 Å². The zero-order valence-electron chi connectivity index (χ0n) is 21.2. The van der Waals surface area contributed by atoms with Crippen LogP contribution >= 0.6 is 11.8 Å². The van der Waals surface area contributed by atoms with Gasteiger partial charge in [0.25, 0.3) is 11.1 Å². The number of hydrogen-bond donors (Lipinski definition) is 1. The minimum Gasteiger partial charge on any atom is -0.490 e. The monoisotopic (exact) mass is 525 g/mol. The van der Waals surface area contributed by atoms with Gasteiger partial charge in [-0.3, -0.25) is 19.3 Å². The van der Waals surface area contributed by atoms with E-state index in [-0.39, 0.29) is 17.6 Å². The predicted octanol–water partition coefficient (Wildman–Crippen LogP) is 4.38. The molecule has 4 rings (SSSR count). The number of carbonyl (C=O) groups is 3. The van der Waals surface area contributed by atoms with Crippen molar-refractivity contribution in [3.05, 3.63) is 52.9 Å². The van der Waals surface area contributed by atoms with E-state index in [0.717, 1.165) is 35.4 Å². The number of amides is 3. The van der Waals surface area contributed by atoms with Crippen LogP contribution in [0.2, 0.25) is 0 Å². The summed E-state index contributed by atoms with van der Waals surface area (Å²) in [7, 11) is 0. The SMILES string of the molecule is CCOc1cc(/C=C2/SC(=O)N(CC(=O)Nc3ccc(N4CCOCC4)cc3)C2=O)ccc1OC(C)C. The van der Waals surface area contributed by atoms with Crippen LogP contribution < -0.4 is 19.7 Å². The van der Waals surface area contributed by atoms with Crippen LogP contribution in [0.15, 0.2) is 47.4 Å². The van der Waals surface area contributed by atoms with Crippen LogP contribution in [0.5, 0.6) is 11.5 Å². The van der Waals surface area contributed by atoms with Crippen LogP contribution in [0, 0.1) is 0 Å². The third-order valence-electron chi connectivity index (χ3n) is 5.63. The maximum absolute atomic E-state index is 12.9. The average molecular weight is 526 g/mol. The van der Waals surface area contributed by atoms with Gasteiger partial charge in [-0.1, -0.05) is 6.07 Å². The van der Waals surface area contributed by atoms with Gasteiger partial charge in [0, 0.05) is 24.5 Å². The molecule has 2 aliphatic rings. The maximum atomic E-state index is 12.9. The molecule has 2 heterocycles. The Hall–Kier alpha value is -3.50. The van der Waals surface area contributed by atoms with Gasteiger partial charge in [0.2, 0.25) is 5.91 Å². The molecule has 0 radical (unpaired) electrons. The van der Waals surface area contributed by atoms with Crippen LogP contribution in [0.4, 0.5) is 16.2 Å². The highest BCUT2D eigenvalue weighted by atomic mass is 32.2. The summed E-state index contributed by atoms with van der Waals surface area (Å²) in [6.07, 6.45) is 1.60. The Balaban J connectivity index is 1.39. The van der Waals surface area contributed by atoms with Crippen molar-refractivity contribution in [3.8, 4) is 11.5 Å². The lowest BCUT2D eigenvalue weighted by Gasteiger charge is -2.28. The molecule has 2 saturated heterocycles. The Morgan fingerprint density at radius 1 is 1.11 bits per heavy atom. The van der Waals surface area contributed by atoms with Gasteiger partial charge in [0.15, 0.2) is 11.5 Å². The van der Waals surface area contributed by atoms with E-state index in [2.05, 4.69) is 10.2 Å². The van der Waals surface area contributed by atoms with Gasteiger partial charge in [-0.15, -0.1) is 0 Å². The molecule has 2 aromatic carbocycles.